The minimum absolute atomic E-state index is 0.325. The molecule has 2 rings (SSSR count). The zero-order valence-corrected chi connectivity index (χ0v) is 12.8. The van der Waals surface area contributed by atoms with E-state index in [2.05, 4.69) is 15.3 Å². The standard InChI is InChI=1S/C14H17N3O3S/c1-7(14(19)20)8(2)16-13(18)11-4-10(5-15-11)12-6-21-9(3)17-12/h4-8,15H,1-3H3,(H,16,18)(H,19,20). The molecule has 2 heterocycles. The Labute approximate surface area is 126 Å². The summed E-state index contributed by atoms with van der Waals surface area (Å²) in [5.41, 5.74) is 2.04. The number of nitrogens with zero attached hydrogens (tertiary/aromatic N) is 1. The van der Waals surface area contributed by atoms with E-state index in [9.17, 15) is 9.59 Å². The van der Waals surface area contributed by atoms with Gasteiger partial charge < -0.3 is 15.4 Å². The number of carbonyl (C=O) groups excluding carboxylic acids is 1. The van der Waals surface area contributed by atoms with Gasteiger partial charge in [-0.05, 0) is 26.8 Å². The number of nitrogens with one attached hydrogen (secondary N) is 2. The van der Waals surface area contributed by atoms with Gasteiger partial charge in [0.25, 0.3) is 5.91 Å². The lowest BCUT2D eigenvalue weighted by Crippen LogP contribution is -2.40. The van der Waals surface area contributed by atoms with Crippen molar-refractivity contribution in [3.63, 3.8) is 0 Å². The van der Waals surface area contributed by atoms with E-state index in [4.69, 9.17) is 5.11 Å². The fourth-order valence-corrected chi connectivity index (χ4v) is 2.41. The van der Waals surface area contributed by atoms with Crippen LogP contribution < -0.4 is 5.32 Å². The predicted octanol–water partition coefficient (Wildman–Crippen LogP) is 2.29. The average molecular weight is 307 g/mol. The molecule has 3 N–H and O–H groups in total. The first-order valence-corrected chi connectivity index (χ1v) is 7.41. The summed E-state index contributed by atoms with van der Waals surface area (Å²) in [5.74, 6) is -1.91. The van der Waals surface area contributed by atoms with Crippen LogP contribution in [0.4, 0.5) is 0 Å². The van der Waals surface area contributed by atoms with Crippen molar-refractivity contribution in [3.8, 4) is 11.3 Å². The Kier molecular flexibility index (Phi) is 4.42. The number of H-pyrrole nitrogens is 1. The van der Waals surface area contributed by atoms with E-state index in [0.717, 1.165) is 16.3 Å². The minimum Gasteiger partial charge on any atom is -0.481 e. The molecule has 0 aliphatic rings. The van der Waals surface area contributed by atoms with Crippen molar-refractivity contribution in [3.05, 3.63) is 28.3 Å². The van der Waals surface area contributed by atoms with Crippen molar-refractivity contribution in [2.24, 2.45) is 5.92 Å². The molecule has 2 unspecified atom stereocenters. The molecule has 1 amide bonds. The van der Waals surface area contributed by atoms with Crippen molar-refractivity contribution >= 4 is 23.2 Å². The molecule has 0 aliphatic heterocycles. The largest absolute Gasteiger partial charge is 0.481 e. The van der Waals surface area contributed by atoms with Crippen molar-refractivity contribution in [1.29, 1.82) is 0 Å². The number of carbonyl (C=O) groups is 2. The second kappa shape index (κ2) is 6.09. The number of carboxylic acid groups (broad SMARTS) is 1. The van der Waals surface area contributed by atoms with Crippen LogP contribution in [0.2, 0.25) is 0 Å². The monoisotopic (exact) mass is 307 g/mol. The highest BCUT2D eigenvalue weighted by molar-refractivity contribution is 7.09. The topological polar surface area (TPSA) is 95.1 Å². The van der Waals surface area contributed by atoms with Gasteiger partial charge in [0.15, 0.2) is 0 Å². The number of thiazole rings is 1. The van der Waals surface area contributed by atoms with Crippen LogP contribution in [0.25, 0.3) is 11.3 Å². The highest BCUT2D eigenvalue weighted by Crippen LogP contribution is 2.22. The van der Waals surface area contributed by atoms with Gasteiger partial charge in [-0.1, -0.05) is 0 Å². The van der Waals surface area contributed by atoms with Gasteiger partial charge in [-0.25, -0.2) is 4.98 Å². The molecule has 0 bridgehead atoms. The SMILES string of the molecule is Cc1nc(-c2c[nH]c(C(=O)NC(C)C(C)C(=O)O)c2)cs1. The maximum atomic E-state index is 12.1. The molecule has 2 aromatic rings. The normalized spacial score (nSPS) is 13.7. The summed E-state index contributed by atoms with van der Waals surface area (Å²) in [6.45, 7) is 5.15. The highest BCUT2D eigenvalue weighted by Gasteiger charge is 2.22. The van der Waals surface area contributed by atoms with E-state index in [1.165, 1.54) is 0 Å². The van der Waals surface area contributed by atoms with Gasteiger partial charge in [0.1, 0.15) is 5.69 Å². The minimum atomic E-state index is -0.937. The molecule has 0 spiro atoms. The first-order chi connectivity index (χ1) is 9.88. The fourth-order valence-electron chi connectivity index (χ4n) is 1.79. The Balaban J connectivity index is 2.07. The summed E-state index contributed by atoms with van der Waals surface area (Å²) in [6.07, 6.45) is 1.72. The molecule has 2 aromatic heterocycles. The van der Waals surface area contributed by atoms with Gasteiger partial charge in [-0.2, -0.15) is 0 Å². The van der Waals surface area contributed by atoms with E-state index in [0.29, 0.717) is 5.69 Å². The van der Waals surface area contributed by atoms with E-state index in [1.807, 2.05) is 12.3 Å². The molecule has 7 heteroatoms. The quantitative estimate of drug-likeness (QED) is 0.789. The van der Waals surface area contributed by atoms with Crippen molar-refractivity contribution in [2.45, 2.75) is 26.8 Å². The molecule has 0 saturated heterocycles. The van der Waals surface area contributed by atoms with Gasteiger partial charge in [0, 0.05) is 23.2 Å². The van der Waals surface area contributed by atoms with Crippen molar-refractivity contribution in [1.82, 2.24) is 15.3 Å². The van der Waals surface area contributed by atoms with Crippen LogP contribution in [0.5, 0.6) is 0 Å². The molecule has 112 valence electrons. The van der Waals surface area contributed by atoms with Crippen LogP contribution in [0.3, 0.4) is 0 Å². The summed E-state index contributed by atoms with van der Waals surface area (Å²) in [7, 11) is 0. The third-order valence-corrected chi connectivity index (χ3v) is 4.11. The molecule has 0 fully saturated rings. The van der Waals surface area contributed by atoms with Crippen molar-refractivity contribution in [2.75, 3.05) is 0 Å². The molecule has 0 radical (unpaired) electrons. The fraction of sp³-hybridized carbons (Fsp3) is 0.357. The van der Waals surface area contributed by atoms with E-state index < -0.39 is 17.9 Å². The van der Waals surface area contributed by atoms with Crippen molar-refractivity contribution < 1.29 is 14.7 Å². The number of carboxylic acids is 1. The maximum Gasteiger partial charge on any atom is 0.308 e. The van der Waals surface area contributed by atoms with Crippen LogP contribution in [0.15, 0.2) is 17.6 Å². The third kappa shape index (κ3) is 3.49. The van der Waals surface area contributed by atoms with Gasteiger partial charge in [0.2, 0.25) is 0 Å². The highest BCUT2D eigenvalue weighted by atomic mass is 32.1. The molecule has 0 aliphatic carbocycles. The van der Waals surface area contributed by atoms with Gasteiger partial charge >= 0.3 is 5.97 Å². The molecular weight excluding hydrogens is 290 g/mol. The molecule has 6 nitrogen and oxygen atoms in total. The number of aliphatic carboxylic acids is 1. The van der Waals surface area contributed by atoms with Crippen LogP contribution in [0.1, 0.15) is 29.3 Å². The molecule has 21 heavy (non-hydrogen) atoms. The number of aromatic nitrogens is 2. The van der Waals surface area contributed by atoms with Crippen LogP contribution in [-0.4, -0.2) is 33.0 Å². The van der Waals surface area contributed by atoms with Crippen LogP contribution in [0, 0.1) is 12.8 Å². The molecule has 0 aromatic carbocycles. The first-order valence-electron chi connectivity index (χ1n) is 6.53. The number of hydrogen-bond acceptors (Lipinski definition) is 4. The summed E-state index contributed by atoms with van der Waals surface area (Å²) in [5, 5.41) is 14.5. The Morgan fingerprint density at radius 1 is 1.43 bits per heavy atom. The van der Waals surface area contributed by atoms with E-state index in [1.54, 1.807) is 37.4 Å². The van der Waals surface area contributed by atoms with E-state index >= 15 is 0 Å². The Morgan fingerprint density at radius 3 is 2.71 bits per heavy atom. The smallest absolute Gasteiger partial charge is 0.308 e. The first kappa shape index (κ1) is 15.2. The van der Waals surface area contributed by atoms with Gasteiger partial charge in [-0.3, -0.25) is 9.59 Å². The molecule has 2 atom stereocenters. The number of aromatic amines is 1. The lowest BCUT2D eigenvalue weighted by molar-refractivity contribution is -0.141. The Bertz CT molecular complexity index is 662. The molecule has 0 saturated carbocycles. The summed E-state index contributed by atoms with van der Waals surface area (Å²) < 4.78 is 0. The average Bonchev–Trinajstić information content (AvgIpc) is 3.05. The number of amides is 1. The predicted molar refractivity (Wildman–Crippen MR) is 80.4 cm³/mol. The third-order valence-electron chi connectivity index (χ3n) is 3.34. The summed E-state index contributed by atoms with van der Waals surface area (Å²) in [4.78, 5) is 30.2. The second-order valence-corrected chi connectivity index (χ2v) is 6.01. The second-order valence-electron chi connectivity index (χ2n) is 4.94. The van der Waals surface area contributed by atoms with Crippen LogP contribution >= 0.6 is 11.3 Å². The van der Waals surface area contributed by atoms with Gasteiger partial charge in [-0.15, -0.1) is 11.3 Å². The number of hydrogen-bond donors (Lipinski definition) is 3. The lowest BCUT2D eigenvalue weighted by atomic mass is 10.0. The van der Waals surface area contributed by atoms with Gasteiger partial charge in [0.05, 0.1) is 16.6 Å². The number of rotatable bonds is 5. The molecular formula is C14H17N3O3S. The maximum absolute atomic E-state index is 12.1. The van der Waals surface area contributed by atoms with Crippen LogP contribution in [-0.2, 0) is 4.79 Å². The Morgan fingerprint density at radius 2 is 2.14 bits per heavy atom. The lowest BCUT2D eigenvalue weighted by Gasteiger charge is -2.17. The summed E-state index contributed by atoms with van der Waals surface area (Å²) >= 11 is 1.54. The summed E-state index contributed by atoms with van der Waals surface area (Å²) in [6, 6.07) is 1.25. The zero-order valence-electron chi connectivity index (χ0n) is 12.0. The zero-order chi connectivity index (χ0) is 15.6. The number of aryl methyl sites for hydroxylation is 1. The Hall–Kier alpha value is -2.15. The van der Waals surface area contributed by atoms with E-state index in [-0.39, 0.29) is 5.91 Å².